The molecule has 0 aliphatic carbocycles. The third-order valence-corrected chi connectivity index (χ3v) is 7.39. The van der Waals surface area contributed by atoms with Gasteiger partial charge in [-0.3, -0.25) is 4.98 Å². The number of piperidine rings is 1. The summed E-state index contributed by atoms with van der Waals surface area (Å²) in [4.78, 5) is 14.1. The molecule has 7 heterocycles. The summed E-state index contributed by atoms with van der Waals surface area (Å²) in [6.45, 7) is 11.6. The molecular formula is C30H31N7O2. The van der Waals surface area contributed by atoms with Crippen LogP contribution in [0.25, 0.3) is 22.3 Å². The molecule has 4 aromatic heterocycles. The van der Waals surface area contributed by atoms with Gasteiger partial charge < -0.3 is 19.6 Å². The van der Waals surface area contributed by atoms with Crippen LogP contribution in [0.1, 0.15) is 37.1 Å². The molecule has 4 aromatic rings. The molecule has 2 unspecified atom stereocenters. The van der Waals surface area contributed by atoms with Crippen LogP contribution in [0.5, 0.6) is 5.75 Å². The number of aliphatic hydroxyl groups is 1. The van der Waals surface area contributed by atoms with E-state index in [4.69, 9.17) is 9.72 Å². The lowest BCUT2D eigenvalue weighted by molar-refractivity contribution is 0.0283. The van der Waals surface area contributed by atoms with Gasteiger partial charge in [0.05, 0.1) is 40.5 Å². The molecule has 7 rings (SSSR count). The van der Waals surface area contributed by atoms with Crippen LogP contribution in [0, 0.1) is 18.3 Å². The van der Waals surface area contributed by atoms with Crippen molar-refractivity contribution in [2.75, 3.05) is 24.6 Å². The Hall–Kier alpha value is -4.42. The first-order chi connectivity index (χ1) is 18.7. The van der Waals surface area contributed by atoms with Crippen LogP contribution < -0.4 is 9.64 Å². The second kappa shape index (κ2) is 9.40. The van der Waals surface area contributed by atoms with Gasteiger partial charge >= 0.3 is 0 Å². The fourth-order valence-electron chi connectivity index (χ4n) is 5.48. The van der Waals surface area contributed by atoms with Crippen LogP contribution >= 0.6 is 0 Å². The second-order valence-corrected chi connectivity index (χ2v) is 11.1. The van der Waals surface area contributed by atoms with Crippen molar-refractivity contribution < 1.29 is 9.84 Å². The molecule has 9 heteroatoms. The van der Waals surface area contributed by atoms with E-state index in [1.54, 1.807) is 30.8 Å². The van der Waals surface area contributed by atoms with Crippen LogP contribution in [0.3, 0.4) is 0 Å². The zero-order chi connectivity index (χ0) is 27.3. The van der Waals surface area contributed by atoms with E-state index in [2.05, 4.69) is 38.6 Å². The van der Waals surface area contributed by atoms with Crippen molar-refractivity contribution in [1.29, 1.82) is 5.26 Å². The van der Waals surface area contributed by atoms with E-state index < -0.39 is 5.60 Å². The highest BCUT2D eigenvalue weighted by Gasteiger charge is 2.45. The number of aromatic nitrogens is 4. The van der Waals surface area contributed by atoms with E-state index in [1.807, 2.05) is 43.6 Å². The fourth-order valence-corrected chi connectivity index (χ4v) is 5.48. The molecule has 39 heavy (non-hydrogen) atoms. The van der Waals surface area contributed by atoms with E-state index >= 15 is 0 Å². The van der Waals surface area contributed by atoms with E-state index in [-0.39, 0.29) is 6.61 Å². The predicted octanol–water partition coefficient (Wildman–Crippen LogP) is 4.05. The molecule has 2 bridgehead atoms. The third kappa shape index (κ3) is 4.68. The molecule has 3 aliphatic heterocycles. The van der Waals surface area contributed by atoms with Gasteiger partial charge in [-0.1, -0.05) is 12.6 Å². The number of hydrogen-bond acceptors (Lipinski definition) is 8. The highest BCUT2D eigenvalue weighted by molar-refractivity contribution is 5.85. The molecule has 3 aliphatic rings. The van der Waals surface area contributed by atoms with E-state index in [0.29, 0.717) is 28.9 Å². The molecule has 2 atom stereocenters. The molecule has 0 aromatic carbocycles. The first-order valence-electron chi connectivity index (χ1n) is 13.1. The first kappa shape index (κ1) is 24.9. The van der Waals surface area contributed by atoms with Gasteiger partial charge in [-0.15, -0.1) is 0 Å². The summed E-state index contributed by atoms with van der Waals surface area (Å²) in [7, 11) is 0. The Bertz CT molecular complexity index is 1570. The Kier molecular flexibility index (Phi) is 6.00. The minimum atomic E-state index is -0.978. The maximum atomic E-state index is 10.1. The monoisotopic (exact) mass is 521 g/mol. The summed E-state index contributed by atoms with van der Waals surface area (Å²) < 4.78 is 7.49. The smallest absolute Gasteiger partial charge is 0.138 e. The lowest BCUT2D eigenvalue weighted by Gasteiger charge is -2.58. The van der Waals surface area contributed by atoms with Crippen LogP contribution in [-0.2, 0) is 0 Å². The Morgan fingerprint density at radius 1 is 1.15 bits per heavy atom. The number of fused-ring (bicyclic) bond motifs is 3. The zero-order valence-corrected chi connectivity index (χ0v) is 22.4. The Morgan fingerprint density at radius 2 is 1.95 bits per heavy atom. The molecule has 0 spiro atoms. The number of piperazine rings is 1. The lowest BCUT2D eigenvalue weighted by atomic mass is 9.86. The van der Waals surface area contributed by atoms with Crippen molar-refractivity contribution in [3.8, 4) is 22.9 Å². The molecule has 1 N–H and O–H groups in total. The molecule has 9 nitrogen and oxygen atoms in total. The van der Waals surface area contributed by atoms with Crippen molar-refractivity contribution >= 4 is 17.0 Å². The molecule has 3 saturated heterocycles. The van der Waals surface area contributed by atoms with Gasteiger partial charge in [0.25, 0.3) is 0 Å². The number of pyridine rings is 3. The Balaban J connectivity index is 1.22. The summed E-state index contributed by atoms with van der Waals surface area (Å²) in [5, 5.41) is 24.1. The maximum Gasteiger partial charge on any atom is 0.138 e. The SMILES string of the molecule is C=C(c1ccc(C)cn1)N1C2CC1CN(c1ccc(-c3cc(OCC(C)(C)O)cn4ncc(C#N)c34)cn1)C2. The van der Waals surface area contributed by atoms with Gasteiger partial charge in [-0.05, 0) is 57.0 Å². The van der Waals surface area contributed by atoms with E-state index in [1.165, 1.54) is 0 Å². The standard InChI is InChI=1S/C30H31N7O2/c1-19-5-7-27(32-12-19)20(2)37-23-9-24(37)16-35(15-23)28-8-6-21(13-33-28)26-10-25(39-18-30(3,4)38)17-36-29(26)22(11-31)14-34-36/h5-8,10,12-14,17,23-24,38H,2,9,15-16,18H2,1,3-4H3. The van der Waals surface area contributed by atoms with Crippen molar-refractivity contribution in [3.05, 3.63) is 78.5 Å². The molecule has 198 valence electrons. The highest BCUT2D eigenvalue weighted by Crippen LogP contribution is 2.39. The lowest BCUT2D eigenvalue weighted by Crippen LogP contribution is -2.67. The van der Waals surface area contributed by atoms with Crippen LogP contribution in [0.2, 0.25) is 0 Å². The largest absolute Gasteiger partial charge is 0.489 e. The van der Waals surface area contributed by atoms with Gasteiger partial charge in [0.15, 0.2) is 0 Å². The molecule has 0 amide bonds. The fraction of sp³-hybridized carbons (Fsp3) is 0.333. The van der Waals surface area contributed by atoms with Crippen LogP contribution in [0.4, 0.5) is 5.82 Å². The van der Waals surface area contributed by atoms with Crippen molar-refractivity contribution in [2.45, 2.75) is 44.9 Å². The van der Waals surface area contributed by atoms with Crippen LogP contribution in [0.15, 0.2) is 61.7 Å². The third-order valence-electron chi connectivity index (χ3n) is 7.39. The second-order valence-electron chi connectivity index (χ2n) is 11.1. The molecular weight excluding hydrogens is 490 g/mol. The van der Waals surface area contributed by atoms with Gasteiger partial charge in [-0.25, -0.2) is 9.50 Å². The summed E-state index contributed by atoms with van der Waals surface area (Å²) >= 11 is 0. The Morgan fingerprint density at radius 3 is 2.59 bits per heavy atom. The zero-order valence-electron chi connectivity index (χ0n) is 22.4. The summed E-state index contributed by atoms with van der Waals surface area (Å²) in [5.41, 5.74) is 4.91. The number of hydrogen-bond donors (Lipinski definition) is 1. The van der Waals surface area contributed by atoms with Gasteiger partial charge in [-0.2, -0.15) is 10.4 Å². The predicted molar refractivity (Wildman–Crippen MR) is 149 cm³/mol. The molecule has 0 radical (unpaired) electrons. The summed E-state index contributed by atoms with van der Waals surface area (Å²) in [5.74, 6) is 1.47. The average molecular weight is 522 g/mol. The number of aryl methyl sites for hydroxylation is 1. The summed E-state index contributed by atoms with van der Waals surface area (Å²) in [6.07, 6.45) is 8.14. The number of nitriles is 1. The van der Waals surface area contributed by atoms with Crippen molar-refractivity contribution in [2.24, 2.45) is 0 Å². The highest BCUT2D eigenvalue weighted by atomic mass is 16.5. The number of nitrogens with zero attached hydrogens (tertiary/aromatic N) is 7. The topological polar surface area (TPSA) is 103 Å². The molecule has 3 fully saturated rings. The van der Waals surface area contributed by atoms with Crippen molar-refractivity contribution in [1.82, 2.24) is 24.5 Å². The minimum Gasteiger partial charge on any atom is -0.489 e. The van der Waals surface area contributed by atoms with Crippen LogP contribution in [-0.4, -0.2) is 67.0 Å². The van der Waals surface area contributed by atoms with Gasteiger partial charge in [0.2, 0.25) is 0 Å². The summed E-state index contributed by atoms with van der Waals surface area (Å²) in [6, 6.07) is 13.1. The normalized spacial score (nSPS) is 18.5. The van der Waals surface area contributed by atoms with Gasteiger partial charge in [0.1, 0.15) is 24.2 Å². The number of anilines is 1. The van der Waals surface area contributed by atoms with Crippen molar-refractivity contribution in [3.63, 3.8) is 0 Å². The van der Waals surface area contributed by atoms with E-state index in [0.717, 1.165) is 53.4 Å². The minimum absolute atomic E-state index is 0.127. The number of rotatable bonds is 7. The Labute approximate surface area is 227 Å². The van der Waals surface area contributed by atoms with Gasteiger partial charge in [0, 0.05) is 48.7 Å². The molecule has 0 saturated carbocycles. The number of ether oxygens (including phenoxy) is 1. The quantitative estimate of drug-likeness (QED) is 0.389. The average Bonchev–Trinajstić information content (AvgIpc) is 3.35. The first-order valence-corrected chi connectivity index (χ1v) is 13.1. The van der Waals surface area contributed by atoms with E-state index in [9.17, 15) is 10.4 Å². The maximum absolute atomic E-state index is 10.1.